The fourth-order valence-electron chi connectivity index (χ4n) is 2.27. The smallest absolute Gasteiger partial charge is 0.418 e. The van der Waals surface area contributed by atoms with Crippen molar-refractivity contribution in [3.8, 4) is 0 Å². The van der Waals surface area contributed by atoms with Crippen molar-refractivity contribution in [3.63, 3.8) is 0 Å². The van der Waals surface area contributed by atoms with Gasteiger partial charge in [-0.15, -0.1) is 0 Å². The fraction of sp³-hybridized carbons (Fsp3) is 0.0588. The van der Waals surface area contributed by atoms with Crippen LogP contribution in [0.2, 0.25) is 0 Å². The van der Waals surface area contributed by atoms with Crippen LogP contribution in [0.1, 0.15) is 16.1 Å². The van der Waals surface area contributed by atoms with Crippen LogP contribution in [0, 0.1) is 0 Å². The number of nitrogens with one attached hydrogen (secondary N) is 1. The second kappa shape index (κ2) is 6.74. The van der Waals surface area contributed by atoms with Gasteiger partial charge in [-0.1, -0.05) is 24.3 Å². The van der Waals surface area contributed by atoms with E-state index in [-0.39, 0.29) is 5.69 Å². The van der Waals surface area contributed by atoms with E-state index < -0.39 is 12.0 Å². The molecule has 1 amide bonds. The Morgan fingerprint density at radius 3 is 2.75 bits per heavy atom. The van der Waals surface area contributed by atoms with Crippen molar-refractivity contribution >= 4 is 29.1 Å². The van der Waals surface area contributed by atoms with Crippen LogP contribution in [0.4, 0.5) is 4.79 Å². The average Bonchev–Trinajstić information content (AvgIpc) is 3.01. The molecule has 0 aliphatic rings. The van der Waals surface area contributed by atoms with E-state index in [0.717, 1.165) is 5.39 Å². The second-order valence-electron chi connectivity index (χ2n) is 4.86. The maximum absolute atomic E-state index is 11.9. The number of carbonyl (C=O) groups is 2. The minimum absolute atomic E-state index is 0.270. The summed E-state index contributed by atoms with van der Waals surface area (Å²) in [4.78, 5) is 27.7. The molecule has 0 saturated carbocycles. The number of para-hydroxylation sites is 1. The minimum atomic E-state index is -0.497. The third kappa shape index (κ3) is 3.00. The molecule has 0 bridgehead atoms. The lowest BCUT2D eigenvalue weighted by molar-refractivity contribution is 0.0950. The van der Waals surface area contributed by atoms with E-state index in [4.69, 9.17) is 4.74 Å². The molecule has 3 rings (SSSR count). The number of ether oxygens (including phenoxy) is 1. The summed E-state index contributed by atoms with van der Waals surface area (Å²) in [5.41, 5.74) is 4.05. The molecule has 7 heteroatoms. The van der Waals surface area contributed by atoms with E-state index in [1.54, 1.807) is 30.5 Å². The van der Waals surface area contributed by atoms with Crippen molar-refractivity contribution in [3.05, 3.63) is 66.1 Å². The first-order valence-corrected chi connectivity index (χ1v) is 7.13. The highest BCUT2D eigenvalue weighted by Crippen LogP contribution is 2.20. The van der Waals surface area contributed by atoms with Crippen molar-refractivity contribution in [2.75, 3.05) is 7.11 Å². The Balaban J connectivity index is 1.85. The highest BCUT2D eigenvalue weighted by molar-refractivity contribution is 6.03. The topological polar surface area (TPSA) is 85.6 Å². The molecule has 0 radical (unpaired) electrons. The van der Waals surface area contributed by atoms with Crippen LogP contribution in [0.25, 0.3) is 10.9 Å². The Labute approximate surface area is 137 Å². The number of methoxy groups -OCH3 is 1. The van der Waals surface area contributed by atoms with Crippen molar-refractivity contribution < 1.29 is 14.3 Å². The number of hydrazone groups is 1. The Hall–Kier alpha value is -3.48. The predicted molar refractivity (Wildman–Crippen MR) is 89.0 cm³/mol. The van der Waals surface area contributed by atoms with Crippen LogP contribution in [-0.4, -0.2) is 34.9 Å². The molecule has 0 aliphatic carbocycles. The molecule has 120 valence electrons. The first-order valence-electron chi connectivity index (χ1n) is 7.13. The van der Waals surface area contributed by atoms with E-state index >= 15 is 0 Å². The van der Waals surface area contributed by atoms with E-state index in [0.29, 0.717) is 11.1 Å². The summed E-state index contributed by atoms with van der Waals surface area (Å²) >= 11 is 0. The Bertz CT molecular complexity index is 916. The van der Waals surface area contributed by atoms with Gasteiger partial charge in [-0.25, -0.2) is 10.2 Å². The molecule has 0 saturated heterocycles. The largest absolute Gasteiger partial charge is 0.452 e. The summed E-state index contributed by atoms with van der Waals surface area (Å²) in [5, 5.41) is 4.75. The number of pyridine rings is 1. The Morgan fingerprint density at radius 1 is 1.21 bits per heavy atom. The highest BCUT2D eigenvalue weighted by Gasteiger charge is 2.12. The zero-order chi connectivity index (χ0) is 16.9. The highest BCUT2D eigenvalue weighted by atomic mass is 16.5. The molecule has 24 heavy (non-hydrogen) atoms. The number of benzene rings is 1. The van der Waals surface area contributed by atoms with Crippen molar-refractivity contribution in [1.29, 1.82) is 0 Å². The standard InChI is InChI=1S/C17H14N4O3/c1-24-17(23)21-11-12(13-6-2-3-8-15(13)21)10-19-20-16(22)14-7-4-5-9-18-14/h2-11H,1H3,(H,20,22)/b19-10+. The first kappa shape index (κ1) is 15.4. The average molecular weight is 322 g/mol. The second-order valence-corrected chi connectivity index (χ2v) is 4.86. The third-order valence-electron chi connectivity index (χ3n) is 3.38. The maximum atomic E-state index is 11.9. The van der Waals surface area contributed by atoms with Gasteiger partial charge in [0.15, 0.2) is 0 Å². The number of amides is 1. The van der Waals surface area contributed by atoms with Crippen molar-refractivity contribution in [1.82, 2.24) is 15.0 Å². The zero-order valence-corrected chi connectivity index (χ0v) is 12.8. The van der Waals surface area contributed by atoms with Gasteiger partial charge < -0.3 is 4.74 Å². The summed E-state index contributed by atoms with van der Waals surface area (Å²) < 4.78 is 6.15. The number of fused-ring (bicyclic) bond motifs is 1. The summed E-state index contributed by atoms with van der Waals surface area (Å²) in [6, 6.07) is 12.4. The third-order valence-corrected chi connectivity index (χ3v) is 3.38. The Kier molecular flexibility index (Phi) is 4.33. The van der Waals surface area contributed by atoms with Crippen LogP contribution in [0.5, 0.6) is 0 Å². The predicted octanol–water partition coefficient (Wildman–Crippen LogP) is 2.41. The molecule has 0 spiro atoms. The number of aromatic nitrogens is 2. The van der Waals surface area contributed by atoms with Gasteiger partial charge in [0.2, 0.25) is 0 Å². The SMILES string of the molecule is COC(=O)n1cc(/C=N/NC(=O)c2ccccn2)c2ccccc21. The molecule has 1 aromatic carbocycles. The van der Waals surface area contributed by atoms with Gasteiger partial charge in [-0.3, -0.25) is 14.3 Å². The lowest BCUT2D eigenvalue weighted by Crippen LogP contribution is -2.18. The van der Waals surface area contributed by atoms with E-state index in [2.05, 4.69) is 15.5 Å². The number of rotatable bonds is 3. The molecule has 2 aromatic heterocycles. The van der Waals surface area contributed by atoms with Crippen LogP contribution in [0.3, 0.4) is 0 Å². The van der Waals surface area contributed by atoms with Gasteiger partial charge >= 0.3 is 6.09 Å². The minimum Gasteiger partial charge on any atom is -0.452 e. The van der Waals surface area contributed by atoms with Gasteiger partial charge in [0.05, 0.1) is 18.8 Å². The van der Waals surface area contributed by atoms with Crippen LogP contribution in [-0.2, 0) is 4.74 Å². The monoisotopic (exact) mass is 322 g/mol. The van der Waals surface area contributed by atoms with Crippen molar-refractivity contribution in [2.24, 2.45) is 5.10 Å². The van der Waals surface area contributed by atoms with E-state index in [1.807, 2.05) is 18.2 Å². The quantitative estimate of drug-likeness (QED) is 0.593. The number of carbonyl (C=O) groups excluding carboxylic acids is 2. The van der Waals surface area contributed by atoms with E-state index in [9.17, 15) is 9.59 Å². The first-order chi connectivity index (χ1) is 11.7. The molecule has 0 atom stereocenters. The summed E-state index contributed by atoms with van der Waals surface area (Å²) in [6.45, 7) is 0. The molecule has 0 fully saturated rings. The van der Waals surface area contributed by atoms with Crippen LogP contribution >= 0.6 is 0 Å². The van der Waals surface area contributed by atoms with Gasteiger partial charge in [0.1, 0.15) is 5.69 Å². The van der Waals surface area contributed by atoms with Gasteiger partial charge in [-0.2, -0.15) is 5.10 Å². The van der Waals surface area contributed by atoms with Crippen molar-refractivity contribution in [2.45, 2.75) is 0 Å². The molecule has 0 unspecified atom stereocenters. The number of hydrogen-bond acceptors (Lipinski definition) is 5. The van der Waals surface area contributed by atoms with E-state index in [1.165, 1.54) is 24.1 Å². The van der Waals surface area contributed by atoms with Gasteiger partial charge in [0, 0.05) is 23.3 Å². The molecule has 7 nitrogen and oxygen atoms in total. The van der Waals surface area contributed by atoms with Crippen LogP contribution in [0.15, 0.2) is 60.0 Å². The fourth-order valence-corrected chi connectivity index (χ4v) is 2.27. The number of nitrogens with zero attached hydrogens (tertiary/aromatic N) is 3. The summed E-state index contributed by atoms with van der Waals surface area (Å²) in [5.74, 6) is -0.413. The summed E-state index contributed by atoms with van der Waals surface area (Å²) in [6.07, 6.45) is 4.11. The zero-order valence-electron chi connectivity index (χ0n) is 12.8. The molecular weight excluding hydrogens is 308 g/mol. The van der Waals surface area contributed by atoms with Gasteiger partial charge in [-0.05, 0) is 18.2 Å². The molecular formula is C17H14N4O3. The maximum Gasteiger partial charge on any atom is 0.418 e. The Morgan fingerprint density at radius 2 is 2.00 bits per heavy atom. The molecule has 2 heterocycles. The summed E-state index contributed by atoms with van der Waals surface area (Å²) in [7, 11) is 1.32. The molecule has 0 aliphatic heterocycles. The lowest BCUT2D eigenvalue weighted by Gasteiger charge is -2.00. The van der Waals surface area contributed by atoms with Crippen LogP contribution < -0.4 is 5.43 Å². The normalized spacial score (nSPS) is 10.9. The van der Waals surface area contributed by atoms with Gasteiger partial charge in [0.25, 0.3) is 5.91 Å². The number of hydrogen-bond donors (Lipinski definition) is 1. The molecule has 3 aromatic rings. The lowest BCUT2D eigenvalue weighted by atomic mass is 10.2. The molecule has 1 N–H and O–H groups in total.